The number of rotatable bonds is 2. The normalized spacial score (nSPS) is 24.7. The molecule has 88 valence electrons. The molecule has 0 N–H and O–H groups in total. The fraction of sp³-hybridized carbons (Fsp3) is 0.545. The van der Waals surface area contributed by atoms with Gasteiger partial charge in [-0.25, -0.2) is 4.39 Å². The van der Waals surface area contributed by atoms with E-state index in [1.54, 1.807) is 19.2 Å². The molecule has 2 unspecified atom stereocenters. The summed E-state index contributed by atoms with van der Waals surface area (Å²) in [7, 11) is 1.63. The molecule has 16 heavy (non-hydrogen) atoms. The number of carbonyl (C=O) groups excluding carboxylic acids is 1. The Hall–Kier alpha value is -0.840. The van der Waals surface area contributed by atoms with Crippen molar-refractivity contribution in [2.75, 3.05) is 7.05 Å². The van der Waals surface area contributed by atoms with Crippen molar-refractivity contribution in [2.24, 2.45) is 0 Å². The van der Waals surface area contributed by atoms with Crippen LogP contribution in [-0.2, 0) is 0 Å². The Morgan fingerprint density at radius 2 is 2.31 bits per heavy atom. The zero-order valence-electron chi connectivity index (χ0n) is 8.95. The lowest BCUT2D eigenvalue weighted by Crippen LogP contribution is -2.40. The highest BCUT2D eigenvalue weighted by Crippen LogP contribution is 2.27. The van der Waals surface area contributed by atoms with Crippen molar-refractivity contribution in [3.8, 4) is 0 Å². The Labute approximate surface area is 102 Å². The molecule has 1 saturated carbocycles. The molecule has 2 atom stereocenters. The Kier molecular flexibility index (Phi) is 3.33. The van der Waals surface area contributed by atoms with Crippen LogP contribution in [0.3, 0.4) is 0 Å². The van der Waals surface area contributed by atoms with Gasteiger partial charge in [0.05, 0.1) is 6.04 Å². The minimum Gasteiger partial charge on any atom is -0.444 e. The van der Waals surface area contributed by atoms with E-state index in [2.05, 4.69) is 15.9 Å². The van der Waals surface area contributed by atoms with Gasteiger partial charge < -0.3 is 9.32 Å². The summed E-state index contributed by atoms with van der Waals surface area (Å²) in [5, 5.41) is 0. The van der Waals surface area contributed by atoms with E-state index in [9.17, 15) is 9.18 Å². The summed E-state index contributed by atoms with van der Waals surface area (Å²) in [6.07, 6.45) is 1.20. The van der Waals surface area contributed by atoms with Crippen molar-refractivity contribution in [3.05, 3.63) is 22.6 Å². The summed E-state index contributed by atoms with van der Waals surface area (Å²) >= 11 is 3.13. The summed E-state index contributed by atoms with van der Waals surface area (Å²) in [4.78, 5) is 13.4. The maximum atomic E-state index is 13.5. The van der Waals surface area contributed by atoms with Crippen LogP contribution < -0.4 is 0 Å². The first-order valence-electron chi connectivity index (χ1n) is 5.26. The summed E-state index contributed by atoms with van der Waals surface area (Å²) in [5.74, 6) is -0.0197. The first-order chi connectivity index (χ1) is 7.59. The largest absolute Gasteiger partial charge is 0.444 e. The Morgan fingerprint density at radius 1 is 1.56 bits per heavy atom. The molecule has 1 aromatic heterocycles. The van der Waals surface area contributed by atoms with E-state index in [1.807, 2.05) is 0 Å². The number of hydrogen-bond donors (Lipinski definition) is 0. The SMILES string of the molecule is CN(C(=O)c1ccc(Br)o1)C1CCCC1F. The fourth-order valence-electron chi connectivity index (χ4n) is 2.09. The molecule has 0 saturated heterocycles. The molecule has 1 amide bonds. The van der Waals surface area contributed by atoms with Crippen LogP contribution in [0.2, 0.25) is 0 Å². The van der Waals surface area contributed by atoms with Gasteiger partial charge in [-0.15, -0.1) is 0 Å². The minimum atomic E-state index is -0.910. The standard InChI is InChI=1S/C11H13BrFNO2/c1-14(8-4-2-3-7(8)13)11(15)9-5-6-10(12)16-9/h5-8H,2-4H2,1H3. The van der Waals surface area contributed by atoms with Crippen LogP contribution in [-0.4, -0.2) is 30.1 Å². The van der Waals surface area contributed by atoms with E-state index in [0.29, 0.717) is 11.1 Å². The second-order valence-electron chi connectivity index (χ2n) is 4.03. The highest BCUT2D eigenvalue weighted by molar-refractivity contribution is 9.10. The van der Waals surface area contributed by atoms with Gasteiger partial charge in [-0.3, -0.25) is 4.79 Å². The molecule has 1 aliphatic carbocycles. The van der Waals surface area contributed by atoms with Crippen LogP contribution >= 0.6 is 15.9 Å². The second-order valence-corrected chi connectivity index (χ2v) is 4.82. The number of nitrogens with zero attached hydrogens (tertiary/aromatic N) is 1. The second kappa shape index (κ2) is 4.57. The maximum absolute atomic E-state index is 13.5. The maximum Gasteiger partial charge on any atom is 0.289 e. The molecule has 0 aromatic carbocycles. The monoisotopic (exact) mass is 289 g/mol. The van der Waals surface area contributed by atoms with Crippen LogP contribution in [0.25, 0.3) is 0 Å². The fourth-order valence-corrected chi connectivity index (χ4v) is 2.39. The number of alkyl halides is 1. The summed E-state index contributed by atoms with van der Waals surface area (Å²) in [6, 6.07) is 2.93. The van der Waals surface area contributed by atoms with E-state index in [4.69, 9.17) is 4.42 Å². The highest BCUT2D eigenvalue weighted by atomic mass is 79.9. The molecule has 1 heterocycles. The average Bonchev–Trinajstić information content (AvgIpc) is 2.85. The first-order valence-corrected chi connectivity index (χ1v) is 6.05. The lowest BCUT2D eigenvalue weighted by Gasteiger charge is -2.25. The van der Waals surface area contributed by atoms with Gasteiger partial charge in [0, 0.05) is 7.05 Å². The van der Waals surface area contributed by atoms with Crippen LogP contribution in [0.4, 0.5) is 4.39 Å². The van der Waals surface area contributed by atoms with E-state index in [1.165, 1.54) is 4.90 Å². The van der Waals surface area contributed by atoms with Crippen LogP contribution in [0.15, 0.2) is 21.2 Å². The van der Waals surface area contributed by atoms with E-state index in [-0.39, 0.29) is 17.7 Å². The number of halogens is 2. The molecule has 0 spiro atoms. The first kappa shape index (κ1) is 11.6. The average molecular weight is 290 g/mol. The third-order valence-electron chi connectivity index (χ3n) is 3.00. The zero-order valence-corrected chi connectivity index (χ0v) is 10.5. The summed E-state index contributed by atoms with van der Waals surface area (Å²) in [5.41, 5.74) is 0. The van der Waals surface area contributed by atoms with Crippen LogP contribution in [0.5, 0.6) is 0 Å². The van der Waals surface area contributed by atoms with Crippen molar-refractivity contribution in [1.82, 2.24) is 4.90 Å². The Morgan fingerprint density at radius 3 is 2.81 bits per heavy atom. The molecule has 1 aliphatic rings. The van der Waals surface area contributed by atoms with Crippen molar-refractivity contribution in [1.29, 1.82) is 0 Å². The summed E-state index contributed by atoms with van der Waals surface area (Å²) in [6.45, 7) is 0. The quantitative estimate of drug-likeness (QED) is 0.839. The van der Waals surface area contributed by atoms with E-state index < -0.39 is 6.17 Å². The van der Waals surface area contributed by atoms with Crippen molar-refractivity contribution < 1.29 is 13.6 Å². The van der Waals surface area contributed by atoms with Crippen LogP contribution in [0, 0.1) is 0 Å². The molecule has 3 nitrogen and oxygen atoms in total. The number of carbonyl (C=O) groups is 1. The van der Waals surface area contributed by atoms with Gasteiger partial charge >= 0.3 is 0 Å². The summed E-state index contributed by atoms with van der Waals surface area (Å²) < 4.78 is 19.2. The van der Waals surface area contributed by atoms with Gasteiger partial charge in [0.15, 0.2) is 10.4 Å². The molecule has 0 bridgehead atoms. The lowest BCUT2D eigenvalue weighted by atomic mass is 10.2. The molecular formula is C11H13BrFNO2. The predicted molar refractivity (Wildman–Crippen MR) is 61.0 cm³/mol. The molecule has 2 rings (SSSR count). The molecule has 0 radical (unpaired) electrons. The number of amides is 1. The van der Waals surface area contributed by atoms with Crippen LogP contribution in [0.1, 0.15) is 29.8 Å². The molecular weight excluding hydrogens is 277 g/mol. The van der Waals surface area contributed by atoms with Gasteiger partial charge in [-0.1, -0.05) is 0 Å². The van der Waals surface area contributed by atoms with Gasteiger partial charge in [0.25, 0.3) is 5.91 Å². The predicted octanol–water partition coefficient (Wildman–Crippen LogP) is 3.00. The molecule has 0 aliphatic heterocycles. The zero-order chi connectivity index (χ0) is 11.7. The van der Waals surface area contributed by atoms with Gasteiger partial charge in [-0.2, -0.15) is 0 Å². The lowest BCUT2D eigenvalue weighted by molar-refractivity contribution is 0.0634. The number of hydrogen-bond acceptors (Lipinski definition) is 2. The molecule has 1 fully saturated rings. The van der Waals surface area contributed by atoms with E-state index in [0.717, 1.165) is 12.8 Å². The minimum absolute atomic E-state index is 0.244. The molecule has 5 heteroatoms. The third kappa shape index (κ3) is 2.14. The highest BCUT2D eigenvalue weighted by Gasteiger charge is 2.33. The number of furan rings is 1. The van der Waals surface area contributed by atoms with E-state index >= 15 is 0 Å². The third-order valence-corrected chi connectivity index (χ3v) is 3.43. The topological polar surface area (TPSA) is 33.5 Å². The van der Waals surface area contributed by atoms with Gasteiger partial charge in [0.2, 0.25) is 0 Å². The van der Waals surface area contributed by atoms with Gasteiger partial charge in [0.1, 0.15) is 6.17 Å². The Balaban J connectivity index is 2.10. The Bertz CT molecular complexity index is 393. The molecule has 1 aromatic rings. The van der Waals surface area contributed by atoms with Crippen molar-refractivity contribution >= 4 is 21.8 Å². The van der Waals surface area contributed by atoms with Crippen molar-refractivity contribution in [2.45, 2.75) is 31.5 Å². The smallest absolute Gasteiger partial charge is 0.289 e. The van der Waals surface area contributed by atoms with Crippen molar-refractivity contribution in [3.63, 3.8) is 0 Å². The van der Waals surface area contributed by atoms with Gasteiger partial charge in [-0.05, 0) is 47.3 Å².